The lowest BCUT2D eigenvalue weighted by atomic mass is 10.0. The van der Waals surface area contributed by atoms with Crippen LogP contribution < -0.4 is 9.47 Å². The van der Waals surface area contributed by atoms with Gasteiger partial charge in [-0.25, -0.2) is 0 Å². The summed E-state index contributed by atoms with van der Waals surface area (Å²) < 4.78 is 10.8. The number of nitrogens with one attached hydrogen (secondary N) is 1. The molecule has 0 bridgehead atoms. The molecule has 0 unspecified atom stereocenters. The zero-order valence-corrected chi connectivity index (χ0v) is 13.8. The van der Waals surface area contributed by atoms with Crippen LogP contribution in [-0.4, -0.2) is 30.3 Å². The first-order valence-electron chi connectivity index (χ1n) is 7.59. The highest BCUT2D eigenvalue weighted by Gasteiger charge is 2.20. The van der Waals surface area contributed by atoms with E-state index in [4.69, 9.17) is 9.47 Å². The van der Waals surface area contributed by atoms with Gasteiger partial charge in [-0.15, -0.1) is 0 Å². The van der Waals surface area contributed by atoms with Crippen molar-refractivity contribution in [3.63, 3.8) is 0 Å². The highest BCUT2D eigenvalue weighted by molar-refractivity contribution is 5.97. The zero-order valence-electron chi connectivity index (χ0n) is 13.8. The van der Waals surface area contributed by atoms with Crippen molar-refractivity contribution < 1.29 is 19.4 Å². The van der Waals surface area contributed by atoms with Gasteiger partial charge < -0.3 is 19.6 Å². The van der Waals surface area contributed by atoms with Crippen LogP contribution in [0.2, 0.25) is 0 Å². The van der Waals surface area contributed by atoms with Crippen LogP contribution in [0, 0.1) is 6.92 Å². The molecule has 0 aliphatic heterocycles. The highest BCUT2D eigenvalue weighted by Crippen LogP contribution is 2.38. The lowest BCUT2D eigenvalue weighted by molar-refractivity contribution is -0.136. The van der Waals surface area contributed by atoms with Crippen LogP contribution in [-0.2, 0) is 11.2 Å². The Balaban J connectivity index is 2.34. The number of ether oxygens (including phenoxy) is 2. The van der Waals surface area contributed by atoms with Crippen LogP contribution in [0.3, 0.4) is 0 Å². The number of hydrogen-bond acceptors (Lipinski definition) is 3. The Kier molecular flexibility index (Phi) is 4.16. The van der Waals surface area contributed by atoms with Gasteiger partial charge in [0.15, 0.2) is 0 Å². The molecule has 0 radical (unpaired) electrons. The van der Waals surface area contributed by atoms with Crippen molar-refractivity contribution in [2.24, 2.45) is 0 Å². The number of carboxylic acid groups (broad SMARTS) is 1. The van der Waals surface area contributed by atoms with E-state index in [-0.39, 0.29) is 6.42 Å². The third kappa shape index (κ3) is 2.69. The third-order valence-corrected chi connectivity index (χ3v) is 4.13. The molecular formula is C19H19NO4. The second kappa shape index (κ2) is 6.28. The monoisotopic (exact) mass is 325 g/mol. The van der Waals surface area contributed by atoms with Crippen LogP contribution in [0.4, 0.5) is 0 Å². The number of carbonyl (C=O) groups is 1. The SMILES string of the molecule is COc1cc(C)c2[nH]c(-c3ccccc3OC)c(CC(=O)O)c2c1. The van der Waals surface area contributed by atoms with E-state index in [0.717, 1.165) is 33.3 Å². The number of rotatable bonds is 5. The second-order valence-corrected chi connectivity index (χ2v) is 5.62. The van der Waals surface area contributed by atoms with Gasteiger partial charge in [-0.1, -0.05) is 12.1 Å². The van der Waals surface area contributed by atoms with E-state index in [1.165, 1.54) is 0 Å². The smallest absolute Gasteiger partial charge is 0.307 e. The Labute approximate surface area is 139 Å². The fraction of sp³-hybridized carbons (Fsp3) is 0.211. The minimum atomic E-state index is -0.882. The van der Waals surface area contributed by atoms with E-state index in [2.05, 4.69) is 4.98 Å². The number of hydrogen-bond donors (Lipinski definition) is 2. The molecule has 0 spiro atoms. The maximum atomic E-state index is 11.4. The molecule has 2 aromatic carbocycles. The van der Waals surface area contributed by atoms with E-state index in [1.807, 2.05) is 43.3 Å². The summed E-state index contributed by atoms with van der Waals surface area (Å²) in [6.07, 6.45) is -0.0833. The quantitative estimate of drug-likeness (QED) is 0.749. The second-order valence-electron chi connectivity index (χ2n) is 5.62. The van der Waals surface area contributed by atoms with Crippen molar-refractivity contribution in [2.45, 2.75) is 13.3 Å². The summed E-state index contributed by atoms with van der Waals surface area (Å²) in [4.78, 5) is 14.8. The highest BCUT2D eigenvalue weighted by atomic mass is 16.5. The molecule has 0 amide bonds. The number of methoxy groups -OCH3 is 2. The largest absolute Gasteiger partial charge is 0.497 e. The molecule has 0 saturated carbocycles. The number of benzene rings is 2. The average Bonchev–Trinajstić information content (AvgIpc) is 2.93. The first-order chi connectivity index (χ1) is 11.5. The molecule has 0 atom stereocenters. The van der Waals surface area contributed by atoms with Crippen molar-refractivity contribution in [1.29, 1.82) is 0 Å². The molecule has 3 rings (SSSR count). The number of para-hydroxylation sites is 1. The molecule has 124 valence electrons. The molecule has 3 aromatic rings. The number of aromatic amines is 1. The van der Waals surface area contributed by atoms with Crippen LogP contribution >= 0.6 is 0 Å². The van der Waals surface area contributed by atoms with E-state index >= 15 is 0 Å². The van der Waals surface area contributed by atoms with Gasteiger partial charge in [0.1, 0.15) is 11.5 Å². The van der Waals surface area contributed by atoms with Crippen molar-refractivity contribution in [1.82, 2.24) is 4.98 Å². The number of aryl methyl sites for hydroxylation is 1. The summed E-state index contributed by atoms with van der Waals surface area (Å²) in [5, 5.41) is 10.2. The molecule has 0 aliphatic rings. The Morgan fingerprint density at radius 1 is 1.17 bits per heavy atom. The van der Waals surface area contributed by atoms with E-state index in [1.54, 1.807) is 14.2 Å². The summed E-state index contributed by atoms with van der Waals surface area (Å²) in [5.41, 5.74) is 4.24. The number of aromatic nitrogens is 1. The minimum Gasteiger partial charge on any atom is -0.497 e. The van der Waals surface area contributed by atoms with Gasteiger partial charge in [0.2, 0.25) is 0 Å². The Hall–Kier alpha value is -2.95. The number of fused-ring (bicyclic) bond motifs is 1. The Morgan fingerprint density at radius 3 is 2.58 bits per heavy atom. The summed E-state index contributed by atoms with van der Waals surface area (Å²) >= 11 is 0. The molecule has 0 saturated heterocycles. The van der Waals surface area contributed by atoms with Gasteiger partial charge in [0, 0.05) is 16.5 Å². The maximum absolute atomic E-state index is 11.4. The molecular weight excluding hydrogens is 306 g/mol. The Morgan fingerprint density at radius 2 is 1.92 bits per heavy atom. The fourth-order valence-corrected chi connectivity index (χ4v) is 3.03. The molecule has 5 nitrogen and oxygen atoms in total. The van der Waals surface area contributed by atoms with E-state index in [0.29, 0.717) is 11.5 Å². The zero-order chi connectivity index (χ0) is 17.3. The normalized spacial score (nSPS) is 10.8. The van der Waals surface area contributed by atoms with Crippen LogP contribution in [0.15, 0.2) is 36.4 Å². The van der Waals surface area contributed by atoms with Crippen molar-refractivity contribution in [3.8, 4) is 22.8 Å². The first-order valence-corrected chi connectivity index (χ1v) is 7.59. The van der Waals surface area contributed by atoms with E-state index in [9.17, 15) is 9.90 Å². The maximum Gasteiger partial charge on any atom is 0.307 e. The summed E-state index contributed by atoms with van der Waals surface area (Å²) in [6.45, 7) is 1.97. The van der Waals surface area contributed by atoms with Gasteiger partial charge in [-0.05, 0) is 42.3 Å². The number of H-pyrrole nitrogens is 1. The van der Waals surface area contributed by atoms with Gasteiger partial charge in [0.05, 0.1) is 26.3 Å². The van der Waals surface area contributed by atoms with Crippen molar-refractivity contribution in [2.75, 3.05) is 14.2 Å². The van der Waals surface area contributed by atoms with Gasteiger partial charge in [0.25, 0.3) is 0 Å². The van der Waals surface area contributed by atoms with Crippen LogP contribution in [0.1, 0.15) is 11.1 Å². The Bertz CT molecular complexity index is 911. The number of carboxylic acids is 1. The average molecular weight is 325 g/mol. The molecule has 1 heterocycles. The van der Waals surface area contributed by atoms with Crippen molar-refractivity contribution in [3.05, 3.63) is 47.5 Å². The topological polar surface area (TPSA) is 71.5 Å². The predicted octanol–water partition coefficient (Wildman–Crippen LogP) is 3.79. The molecule has 5 heteroatoms. The molecule has 1 aromatic heterocycles. The van der Waals surface area contributed by atoms with Gasteiger partial charge in [-0.3, -0.25) is 4.79 Å². The van der Waals surface area contributed by atoms with Crippen LogP contribution in [0.25, 0.3) is 22.2 Å². The number of aliphatic carboxylic acids is 1. The molecule has 0 aliphatic carbocycles. The molecule has 24 heavy (non-hydrogen) atoms. The van der Waals surface area contributed by atoms with Crippen LogP contribution in [0.5, 0.6) is 11.5 Å². The molecule has 0 fully saturated rings. The fourth-order valence-electron chi connectivity index (χ4n) is 3.03. The first kappa shape index (κ1) is 15.9. The van der Waals surface area contributed by atoms with Crippen molar-refractivity contribution >= 4 is 16.9 Å². The molecule has 2 N–H and O–H groups in total. The summed E-state index contributed by atoms with van der Waals surface area (Å²) in [6, 6.07) is 11.4. The standard InChI is InChI=1S/C19H19NO4/c1-11-8-12(23-2)9-14-15(10-17(21)22)19(20-18(11)14)13-6-4-5-7-16(13)24-3/h4-9,20H,10H2,1-3H3,(H,21,22). The lowest BCUT2D eigenvalue weighted by Crippen LogP contribution is -2.01. The minimum absolute atomic E-state index is 0.0833. The lowest BCUT2D eigenvalue weighted by Gasteiger charge is -2.08. The van der Waals surface area contributed by atoms with Gasteiger partial charge >= 0.3 is 5.97 Å². The predicted molar refractivity (Wildman–Crippen MR) is 92.9 cm³/mol. The van der Waals surface area contributed by atoms with E-state index < -0.39 is 5.97 Å². The summed E-state index contributed by atoms with van der Waals surface area (Å²) in [7, 11) is 3.21. The summed E-state index contributed by atoms with van der Waals surface area (Å²) in [5.74, 6) is 0.519. The van der Waals surface area contributed by atoms with Gasteiger partial charge in [-0.2, -0.15) is 0 Å². The third-order valence-electron chi connectivity index (χ3n) is 4.13.